The van der Waals surface area contributed by atoms with Crippen molar-refractivity contribution >= 4 is 23.1 Å². The van der Waals surface area contributed by atoms with E-state index in [0.29, 0.717) is 17.0 Å². The Morgan fingerprint density at radius 2 is 1.61 bits per heavy atom. The smallest absolute Gasteiger partial charge is 0.300 e. The number of hydrogen-bond acceptors (Lipinski definition) is 6. The number of ketones is 1. The van der Waals surface area contributed by atoms with Gasteiger partial charge in [-0.25, -0.2) is 4.39 Å². The van der Waals surface area contributed by atoms with Crippen molar-refractivity contribution in [2.45, 2.75) is 6.04 Å². The maximum atomic E-state index is 14.0. The number of phenolic OH excluding ortho intramolecular Hbond substituents is 1. The lowest BCUT2D eigenvalue weighted by Crippen LogP contribution is -2.29. The molecule has 4 rings (SSSR count). The van der Waals surface area contributed by atoms with Gasteiger partial charge in [0.15, 0.2) is 0 Å². The number of carbonyl (C=O) groups is 2. The molecule has 0 aliphatic carbocycles. The average Bonchev–Trinajstić information content (AvgIpc) is 3.09. The van der Waals surface area contributed by atoms with Crippen LogP contribution in [0.3, 0.4) is 0 Å². The van der Waals surface area contributed by atoms with Crippen LogP contribution in [0.2, 0.25) is 0 Å². The van der Waals surface area contributed by atoms with E-state index in [-0.39, 0.29) is 22.6 Å². The number of aromatic hydroxyl groups is 1. The van der Waals surface area contributed by atoms with E-state index in [2.05, 4.69) is 0 Å². The van der Waals surface area contributed by atoms with Gasteiger partial charge in [0.05, 0.1) is 37.1 Å². The summed E-state index contributed by atoms with van der Waals surface area (Å²) < 4.78 is 24.6. The summed E-state index contributed by atoms with van der Waals surface area (Å²) in [5.74, 6) is -2.64. The van der Waals surface area contributed by atoms with E-state index in [1.807, 2.05) is 0 Å². The van der Waals surface area contributed by atoms with Gasteiger partial charge in [-0.1, -0.05) is 24.3 Å². The van der Waals surface area contributed by atoms with Crippen LogP contribution in [0.5, 0.6) is 17.2 Å². The van der Waals surface area contributed by atoms with E-state index in [9.17, 15) is 24.2 Å². The molecule has 8 heteroatoms. The van der Waals surface area contributed by atoms with Crippen LogP contribution >= 0.6 is 0 Å². The highest BCUT2D eigenvalue weighted by Crippen LogP contribution is 2.45. The number of phenols is 1. The molecule has 7 nitrogen and oxygen atoms in total. The highest BCUT2D eigenvalue weighted by Gasteiger charge is 2.48. The number of methoxy groups -OCH3 is 2. The lowest BCUT2D eigenvalue weighted by Gasteiger charge is -2.26. The normalized spacial score (nSPS) is 17.3. The Morgan fingerprint density at radius 1 is 0.939 bits per heavy atom. The Labute approximate surface area is 188 Å². The summed E-state index contributed by atoms with van der Waals surface area (Å²) in [4.78, 5) is 27.6. The summed E-state index contributed by atoms with van der Waals surface area (Å²) in [6, 6.07) is 14.9. The van der Waals surface area contributed by atoms with Crippen molar-refractivity contribution in [2.75, 3.05) is 19.1 Å². The molecule has 0 bridgehead atoms. The van der Waals surface area contributed by atoms with Crippen molar-refractivity contribution < 1.29 is 33.7 Å². The molecule has 2 N–H and O–H groups in total. The van der Waals surface area contributed by atoms with Crippen LogP contribution < -0.4 is 14.4 Å². The minimum Gasteiger partial charge on any atom is -0.508 e. The number of aliphatic hydroxyl groups excluding tert-OH is 1. The monoisotopic (exact) mass is 449 g/mol. The first-order valence-corrected chi connectivity index (χ1v) is 9.94. The van der Waals surface area contributed by atoms with E-state index >= 15 is 0 Å². The number of ether oxygens (including phenoxy) is 2. The molecular formula is C25H20FNO6. The fraction of sp³-hybridized carbons (Fsp3) is 0.120. The van der Waals surface area contributed by atoms with E-state index < -0.39 is 29.3 Å². The van der Waals surface area contributed by atoms with Crippen molar-refractivity contribution in [3.63, 3.8) is 0 Å². The number of para-hydroxylation sites is 2. The number of anilines is 1. The first-order valence-electron chi connectivity index (χ1n) is 9.94. The van der Waals surface area contributed by atoms with Crippen LogP contribution in [0.4, 0.5) is 10.1 Å². The molecule has 3 aromatic carbocycles. The van der Waals surface area contributed by atoms with Crippen LogP contribution in [0.25, 0.3) is 5.76 Å². The van der Waals surface area contributed by atoms with Gasteiger partial charge in [0.25, 0.3) is 11.7 Å². The molecule has 1 atom stereocenters. The molecule has 1 amide bonds. The summed E-state index contributed by atoms with van der Waals surface area (Å²) in [6.45, 7) is 0. The molecule has 1 aliphatic heterocycles. The summed E-state index contributed by atoms with van der Waals surface area (Å²) in [6.07, 6.45) is 0. The van der Waals surface area contributed by atoms with Crippen LogP contribution in [0.15, 0.2) is 72.3 Å². The van der Waals surface area contributed by atoms with Crippen molar-refractivity contribution in [3.8, 4) is 17.2 Å². The predicted octanol–water partition coefficient (Wildman–Crippen LogP) is 4.17. The first kappa shape index (κ1) is 21.9. The average molecular weight is 449 g/mol. The van der Waals surface area contributed by atoms with Crippen LogP contribution in [-0.2, 0) is 9.59 Å². The molecule has 0 saturated carbocycles. The number of carbonyl (C=O) groups excluding carboxylic acids is 2. The van der Waals surface area contributed by atoms with Crippen molar-refractivity contribution in [1.82, 2.24) is 0 Å². The first-order chi connectivity index (χ1) is 15.9. The Morgan fingerprint density at radius 3 is 2.27 bits per heavy atom. The molecule has 1 unspecified atom stereocenters. The summed E-state index contributed by atoms with van der Waals surface area (Å²) in [7, 11) is 2.78. The Balaban J connectivity index is 2.01. The molecule has 168 valence electrons. The van der Waals surface area contributed by atoms with Gasteiger partial charge in [0.1, 0.15) is 28.8 Å². The van der Waals surface area contributed by atoms with Crippen LogP contribution in [0.1, 0.15) is 17.2 Å². The molecule has 0 aromatic heterocycles. The third-order valence-electron chi connectivity index (χ3n) is 5.41. The van der Waals surface area contributed by atoms with Gasteiger partial charge < -0.3 is 19.7 Å². The summed E-state index contributed by atoms with van der Waals surface area (Å²) in [5.41, 5.74) is 0.431. The zero-order valence-corrected chi connectivity index (χ0v) is 17.8. The van der Waals surface area contributed by atoms with Gasteiger partial charge in [-0.15, -0.1) is 0 Å². The highest BCUT2D eigenvalue weighted by molar-refractivity contribution is 6.52. The number of halogens is 1. The number of amides is 1. The van der Waals surface area contributed by atoms with Gasteiger partial charge in [-0.05, 0) is 48.0 Å². The molecule has 1 fully saturated rings. The molecule has 0 radical (unpaired) electrons. The van der Waals surface area contributed by atoms with Crippen LogP contribution in [-0.4, -0.2) is 36.1 Å². The zero-order valence-electron chi connectivity index (χ0n) is 17.8. The van der Waals surface area contributed by atoms with E-state index in [0.717, 1.165) is 12.1 Å². The maximum absolute atomic E-state index is 14.0. The second-order valence-electron chi connectivity index (χ2n) is 7.28. The molecule has 3 aromatic rings. The molecule has 1 heterocycles. The molecule has 0 spiro atoms. The number of benzene rings is 3. The maximum Gasteiger partial charge on any atom is 0.300 e. The van der Waals surface area contributed by atoms with Gasteiger partial charge in [-0.3, -0.25) is 14.5 Å². The van der Waals surface area contributed by atoms with Gasteiger partial charge in [0, 0.05) is 0 Å². The van der Waals surface area contributed by atoms with E-state index in [4.69, 9.17) is 9.47 Å². The largest absolute Gasteiger partial charge is 0.508 e. The Kier molecular flexibility index (Phi) is 5.74. The highest BCUT2D eigenvalue weighted by atomic mass is 19.1. The lowest BCUT2D eigenvalue weighted by atomic mass is 9.94. The van der Waals surface area contributed by atoms with Crippen molar-refractivity contribution in [3.05, 3.63) is 89.2 Å². The second kappa shape index (κ2) is 8.66. The second-order valence-corrected chi connectivity index (χ2v) is 7.28. The standard InChI is InChI=1S/C25H20FNO6/c1-32-19-12-9-15(26)13-17(19)23(29)21-22(14-7-10-16(28)11-8-14)27(25(31)24(21)30)18-5-3-4-6-20(18)33-2/h3-13,22,28-29H,1-2H3/b23-21+. The van der Waals surface area contributed by atoms with E-state index in [1.54, 1.807) is 24.3 Å². The minimum absolute atomic E-state index is 0.0141. The molecule has 1 saturated heterocycles. The van der Waals surface area contributed by atoms with Crippen LogP contribution in [0, 0.1) is 5.82 Å². The van der Waals surface area contributed by atoms with Gasteiger partial charge in [-0.2, -0.15) is 0 Å². The number of rotatable bonds is 5. The third kappa shape index (κ3) is 3.76. The number of Topliss-reactive ketones (excluding diaryl/α,β-unsaturated/α-hetero) is 1. The third-order valence-corrected chi connectivity index (χ3v) is 5.41. The lowest BCUT2D eigenvalue weighted by molar-refractivity contribution is -0.132. The minimum atomic E-state index is -1.07. The van der Waals surface area contributed by atoms with Crippen molar-refractivity contribution in [2.24, 2.45) is 0 Å². The summed E-state index contributed by atoms with van der Waals surface area (Å²) in [5, 5.41) is 20.9. The molecule has 33 heavy (non-hydrogen) atoms. The number of nitrogens with zero attached hydrogens (tertiary/aromatic N) is 1. The number of aliphatic hydroxyl groups is 1. The fourth-order valence-corrected chi connectivity index (χ4v) is 3.89. The molecule has 1 aliphatic rings. The number of hydrogen-bond donors (Lipinski definition) is 2. The summed E-state index contributed by atoms with van der Waals surface area (Å²) >= 11 is 0. The topological polar surface area (TPSA) is 96.3 Å². The molecular weight excluding hydrogens is 429 g/mol. The van der Waals surface area contributed by atoms with Gasteiger partial charge in [0.2, 0.25) is 0 Å². The van der Waals surface area contributed by atoms with E-state index in [1.165, 1.54) is 49.5 Å². The quantitative estimate of drug-likeness (QED) is 0.345. The zero-order chi connectivity index (χ0) is 23.7. The van der Waals surface area contributed by atoms with Crippen molar-refractivity contribution in [1.29, 1.82) is 0 Å². The SMILES string of the molecule is COc1ccc(F)cc1/C(O)=C1\C(=O)C(=O)N(c2ccccc2OC)C1c1ccc(O)cc1. The fourth-order valence-electron chi connectivity index (χ4n) is 3.89. The Hall–Kier alpha value is -4.33. The van der Waals surface area contributed by atoms with Gasteiger partial charge >= 0.3 is 0 Å². The predicted molar refractivity (Wildman–Crippen MR) is 119 cm³/mol. The Bertz CT molecular complexity index is 1270.